The number of nitrogens with two attached hydrogens (primary N) is 1. The minimum atomic E-state index is 0.221. The van der Waals surface area contributed by atoms with Gasteiger partial charge in [-0.1, -0.05) is 13.3 Å². The molecule has 2 N–H and O–H groups in total. The highest BCUT2D eigenvalue weighted by Crippen LogP contribution is 2.22. The van der Waals surface area contributed by atoms with Gasteiger partial charge in [-0.2, -0.15) is 0 Å². The third kappa shape index (κ3) is 3.01. The second-order valence-electron chi connectivity index (χ2n) is 4.10. The molecule has 0 fully saturated rings. The predicted octanol–water partition coefficient (Wildman–Crippen LogP) is 3.40. The number of benzene rings is 1. The van der Waals surface area contributed by atoms with Gasteiger partial charge in [0, 0.05) is 6.42 Å². The van der Waals surface area contributed by atoms with E-state index in [0.29, 0.717) is 5.84 Å². The Balaban J connectivity index is 2.28. The summed E-state index contributed by atoms with van der Waals surface area (Å²) in [6.45, 7) is 2.14. The number of amidine groups is 1. The number of alkyl halides is 1. The van der Waals surface area contributed by atoms with E-state index < -0.39 is 0 Å². The lowest BCUT2D eigenvalue weighted by Gasteiger charge is -1.95. The van der Waals surface area contributed by atoms with Crippen LogP contribution in [0.15, 0.2) is 27.6 Å². The summed E-state index contributed by atoms with van der Waals surface area (Å²) in [7, 11) is 0. The van der Waals surface area contributed by atoms with Crippen LogP contribution in [-0.4, -0.2) is 16.7 Å². The Morgan fingerprint density at radius 2 is 2.33 bits per heavy atom. The fourth-order valence-electron chi connectivity index (χ4n) is 1.66. The molecule has 0 spiro atoms. The van der Waals surface area contributed by atoms with Crippen molar-refractivity contribution in [2.45, 2.75) is 26.2 Å². The molecule has 0 atom stereocenters. The van der Waals surface area contributed by atoms with Crippen LogP contribution in [0.3, 0.4) is 0 Å². The summed E-state index contributed by atoms with van der Waals surface area (Å²) in [6, 6.07) is 5.56. The van der Waals surface area contributed by atoms with Crippen molar-refractivity contribution in [2.24, 2.45) is 10.7 Å². The SMILES string of the molecule is CCCCc1nc2cc(N=C(N)CCl)ccc2o1. The lowest BCUT2D eigenvalue weighted by molar-refractivity contribution is 0.517. The number of aromatic nitrogens is 1. The first-order valence-electron chi connectivity index (χ1n) is 6.01. The number of fused-ring (bicyclic) bond motifs is 1. The second-order valence-corrected chi connectivity index (χ2v) is 4.37. The highest BCUT2D eigenvalue weighted by Gasteiger charge is 2.06. The minimum absolute atomic E-state index is 0.221. The summed E-state index contributed by atoms with van der Waals surface area (Å²) in [5, 5.41) is 0. The Kier molecular flexibility index (Phi) is 4.20. The Bertz CT molecular complexity index is 562. The molecule has 1 aromatic carbocycles. The van der Waals surface area contributed by atoms with E-state index in [4.69, 9.17) is 21.8 Å². The molecule has 2 rings (SSSR count). The normalized spacial score (nSPS) is 12.2. The lowest BCUT2D eigenvalue weighted by atomic mass is 10.2. The molecule has 18 heavy (non-hydrogen) atoms. The molecule has 0 saturated heterocycles. The maximum Gasteiger partial charge on any atom is 0.195 e. The van der Waals surface area contributed by atoms with E-state index in [2.05, 4.69) is 16.9 Å². The van der Waals surface area contributed by atoms with E-state index in [1.165, 1.54) is 0 Å². The number of hydrogen-bond donors (Lipinski definition) is 1. The maximum atomic E-state index is 5.64. The summed E-state index contributed by atoms with van der Waals surface area (Å²) in [6.07, 6.45) is 3.07. The van der Waals surface area contributed by atoms with Crippen molar-refractivity contribution < 1.29 is 4.42 Å². The zero-order valence-electron chi connectivity index (χ0n) is 10.3. The fourth-order valence-corrected chi connectivity index (χ4v) is 1.72. The monoisotopic (exact) mass is 265 g/mol. The van der Waals surface area contributed by atoms with Crippen LogP contribution in [0.1, 0.15) is 25.7 Å². The molecule has 1 aromatic heterocycles. The Labute approximate surface area is 111 Å². The standard InChI is InChI=1S/C13H16ClN3O/c1-2-3-4-13-17-10-7-9(16-12(15)8-14)5-6-11(10)18-13/h5-7H,2-4,8H2,1H3,(H2,15,16). The first-order valence-corrected chi connectivity index (χ1v) is 6.55. The minimum Gasteiger partial charge on any atom is -0.441 e. The molecule has 96 valence electrons. The maximum absolute atomic E-state index is 5.64. The Hall–Kier alpha value is -1.55. The van der Waals surface area contributed by atoms with Crippen molar-refractivity contribution in [2.75, 3.05) is 5.88 Å². The molecule has 0 saturated carbocycles. The van der Waals surface area contributed by atoms with E-state index in [0.717, 1.165) is 41.9 Å². The molecule has 0 aliphatic carbocycles. The van der Waals surface area contributed by atoms with Crippen LogP contribution in [0.25, 0.3) is 11.1 Å². The first-order chi connectivity index (χ1) is 8.72. The topological polar surface area (TPSA) is 64.4 Å². The molecule has 0 amide bonds. The number of rotatable bonds is 5. The molecule has 0 bridgehead atoms. The van der Waals surface area contributed by atoms with Gasteiger partial charge >= 0.3 is 0 Å². The van der Waals surface area contributed by atoms with E-state index >= 15 is 0 Å². The summed E-state index contributed by atoms with van der Waals surface area (Å²) < 4.78 is 5.64. The average Bonchev–Trinajstić information content (AvgIpc) is 2.78. The molecular weight excluding hydrogens is 250 g/mol. The van der Waals surface area contributed by atoms with Crippen molar-refractivity contribution in [3.05, 3.63) is 24.1 Å². The first kappa shape index (κ1) is 12.9. The van der Waals surface area contributed by atoms with Gasteiger partial charge in [-0.05, 0) is 24.6 Å². The lowest BCUT2D eigenvalue weighted by Crippen LogP contribution is -2.12. The number of oxazole rings is 1. The van der Waals surface area contributed by atoms with Crippen LogP contribution >= 0.6 is 11.6 Å². The van der Waals surface area contributed by atoms with Crippen molar-refractivity contribution >= 4 is 34.2 Å². The van der Waals surface area contributed by atoms with E-state index in [-0.39, 0.29) is 5.88 Å². The number of hydrogen-bond acceptors (Lipinski definition) is 3. The molecule has 0 aliphatic rings. The third-order valence-electron chi connectivity index (χ3n) is 2.57. The molecule has 0 unspecified atom stereocenters. The molecule has 4 nitrogen and oxygen atoms in total. The number of unbranched alkanes of at least 4 members (excludes halogenated alkanes) is 1. The molecule has 0 radical (unpaired) electrons. The van der Waals surface area contributed by atoms with Gasteiger partial charge < -0.3 is 10.2 Å². The zero-order chi connectivity index (χ0) is 13.0. The van der Waals surface area contributed by atoms with Gasteiger partial charge in [-0.3, -0.25) is 0 Å². The van der Waals surface area contributed by atoms with E-state index in [1.54, 1.807) is 0 Å². The summed E-state index contributed by atoms with van der Waals surface area (Å²) in [5.41, 5.74) is 7.93. The quantitative estimate of drug-likeness (QED) is 0.512. The van der Waals surface area contributed by atoms with Gasteiger partial charge in [-0.15, -0.1) is 11.6 Å². The van der Waals surface area contributed by atoms with Crippen LogP contribution in [0.5, 0.6) is 0 Å². The molecule has 0 aliphatic heterocycles. The van der Waals surface area contributed by atoms with Crippen LogP contribution in [0.4, 0.5) is 5.69 Å². The summed E-state index contributed by atoms with van der Waals surface area (Å²) >= 11 is 5.59. The van der Waals surface area contributed by atoms with E-state index in [9.17, 15) is 0 Å². The van der Waals surface area contributed by atoms with Crippen LogP contribution < -0.4 is 5.73 Å². The van der Waals surface area contributed by atoms with Crippen LogP contribution in [0.2, 0.25) is 0 Å². The van der Waals surface area contributed by atoms with Crippen molar-refractivity contribution in [3.8, 4) is 0 Å². The number of nitrogens with zero attached hydrogens (tertiary/aromatic N) is 2. The van der Waals surface area contributed by atoms with Gasteiger partial charge in [0.15, 0.2) is 11.5 Å². The number of aryl methyl sites for hydroxylation is 1. The van der Waals surface area contributed by atoms with Gasteiger partial charge in [0.25, 0.3) is 0 Å². The van der Waals surface area contributed by atoms with Crippen LogP contribution in [-0.2, 0) is 6.42 Å². The van der Waals surface area contributed by atoms with Gasteiger partial charge in [-0.25, -0.2) is 9.98 Å². The second kappa shape index (κ2) is 5.87. The average molecular weight is 266 g/mol. The van der Waals surface area contributed by atoms with Gasteiger partial charge in [0.1, 0.15) is 11.4 Å². The smallest absolute Gasteiger partial charge is 0.195 e. The van der Waals surface area contributed by atoms with Crippen molar-refractivity contribution in [3.63, 3.8) is 0 Å². The van der Waals surface area contributed by atoms with Crippen LogP contribution in [0, 0.1) is 0 Å². The number of halogens is 1. The molecule has 1 heterocycles. The van der Waals surface area contributed by atoms with E-state index in [1.807, 2.05) is 18.2 Å². The summed E-state index contributed by atoms with van der Waals surface area (Å²) in [5.74, 6) is 1.39. The highest BCUT2D eigenvalue weighted by molar-refractivity contribution is 6.28. The highest BCUT2D eigenvalue weighted by atomic mass is 35.5. The van der Waals surface area contributed by atoms with Crippen molar-refractivity contribution in [1.29, 1.82) is 0 Å². The predicted molar refractivity (Wildman–Crippen MR) is 74.6 cm³/mol. The van der Waals surface area contributed by atoms with Gasteiger partial charge in [0.05, 0.1) is 11.6 Å². The molecule has 5 heteroatoms. The van der Waals surface area contributed by atoms with Gasteiger partial charge in [0.2, 0.25) is 0 Å². The Morgan fingerprint density at radius 3 is 3.06 bits per heavy atom. The zero-order valence-corrected chi connectivity index (χ0v) is 11.1. The Morgan fingerprint density at radius 1 is 1.50 bits per heavy atom. The van der Waals surface area contributed by atoms with Crippen molar-refractivity contribution in [1.82, 2.24) is 4.98 Å². The molecule has 2 aromatic rings. The summed E-state index contributed by atoms with van der Waals surface area (Å²) in [4.78, 5) is 8.61. The third-order valence-corrected chi connectivity index (χ3v) is 2.84. The number of aliphatic imine (C=N–C) groups is 1. The fraction of sp³-hybridized carbons (Fsp3) is 0.385. The molecular formula is C13H16ClN3O. The largest absolute Gasteiger partial charge is 0.441 e.